The maximum atomic E-state index is 5.42. The third-order valence-corrected chi connectivity index (χ3v) is 2.00. The fraction of sp³-hybridized carbons (Fsp3) is 0.500. The molecule has 0 aliphatic carbocycles. The summed E-state index contributed by atoms with van der Waals surface area (Å²) in [5, 5.41) is 0. The van der Waals surface area contributed by atoms with Crippen LogP contribution in [0.2, 0.25) is 0 Å². The molecule has 0 spiro atoms. The second-order valence-corrected chi connectivity index (χ2v) is 3.06. The van der Waals surface area contributed by atoms with E-state index < -0.39 is 0 Å². The molecule has 0 heterocycles. The minimum Gasteiger partial charge on any atom is -0.493 e. The second-order valence-electron chi connectivity index (χ2n) is 3.06. The Hall–Kier alpha value is -1.22. The molecular formula is C12H18O3. The van der Waals surface area contributed by atoms with Crippen molar-refractivity contribution in [2.45, 2.75) is 20.5 Å². The van der Waals surface area contributed by atoms with E-state index in [0.29, 0.717) is 13.2 Å². The summed E-state index contributed by atoms with van der Waals surface area (Å²) in [6.07, 6.45) is 0. The first-order valence-electron chi connectivity index (χ1n) is 5.19. The van der Waals surface area contributed by atoms with Crippen molar-refractivity contribution in [3.8, 4) is 11.5 Å². The molecule has 1 rings (SSSR count). The molecule has 0 saturated carbocycles. The van der Waals surface area contributed by atoms with Crippen molar-refractivity contribution < 1.29 is 14.2 Å². The molecule has 0 bridgehead atoms. The van der Waals surface area contributed by atoms with Gasteiger partial charge in [0.15, 0.2) is 11.5 Å². The van der Waals surface area contributed by atoms with E-state index in [1.807, 2.05) is 32.0 Å². The van der Waals surface area contributed by atoms with Gasteiger partial charge in [0.25, 0.3) is 0 Å². The lowest BCUT2D eigenvalue weighted by atomic mass is 10.2. The fourth-order valence-electron chi connectivity index (χ4n) is 1.30. The van der Waals surface area contributed by atoms with Crippen LogP contribution in [0.3, 0.4) is 0 Å². The Labute approximate surface area is 91.0 Å². The number of hydrogen-bond donors (Lipinski definition) is 0. The molecule has 3 heteroatoms. The van der Waals surface area contributed by atoms with Gasteiger partial charge < -0.3 is 14.2 Å². The summed E-state index contributed by atoms with van der Waals surface area (Å²) in [7, 11) is 1.64. The van der Waals surface area contributed by atoms with E-state index in [1.54, 1.807) is 7.11 Å². The van der Waals surface area contributed by atoms with E-state index in [-0.39, 0.29) is 0 Å². The number of benzene rings is 1. The van der Waals surface area contributed by atoms with Crippen LogP contribution >= 0.6 is 0 Å². The zero-order chi connectivity index (χ0) is 11.1. The molecule has 0 fully saturated rings. The monoisotopic (exact) mass is 210 g/mol. The number of rotatable bonds is 6. The summed E-state index contributed by atoms with van der Waals surface area (Å²) in [5.41, 5.74) is 1.09. The minimum atomic E-state index is 0.610. The zero-order valence-corrected chi connectivity index (χ0v) is 9.58. The Bertz CT molecular complexity index is 297. The largest absolute Gasteiger partial charge is 0.493 e. The van der Waals surface area contributed by atoms with E-state index in [9.17, 15) is 0 Å². The van der Waals surface area contributed by atoms with Crippen LogP contribution in [-0.2, 0) is 11.3 Å². The smallest absolute Gasteiger partial charge is 0.161 e. The first-order valence-corrected chi connectivity index (χ1v) is 5.19. The van der Waals surface area contributed by atoms with Gasteiger partial charge in [-0.2, -0.15) is 0 Å². The number of hydrogen-bond acceptors (Lipinski definition) is 3. The third kappa shape index (κ3) is 3.44. The molecule has 0 unspecified atom stereocenters. The van der Waals surface area contributed by atoms with E-state index in [4.69, 9.17) is 14.2 Å². The molecule has 0 saturated heterocycles. The van der Waals surface area contributed by atoms with E-state index in [0.717, 1.165) is 23.7 Å². The Kier molecular flexibility index (Phi) is 4.98. The van der Waals surface area contributed by atoms with Crippen molar-refractivity contribution in [2.75, 3.05) is 20.3 Å². The lowest BCUT2D eigenvalue weighted by molar-refractivity contribution is 0.134. The lowest BCUT2D eigenvalue weighted by Crippen LogP contribution is -1.97. The Morgan fingerprint density at radius 3 is 2.47 bits per heavy atom. The topological polar surface area (TPSA) is 27.7 Å². The summed E-state index contributed by atoms with van der Waals surface area (Å²) in [6, 6.07) is 5.85. The number of ether oxygens (including phenoxy) is 3. The Morgan fingerprint density at radius 1 is 1.07 bits per heavy atom. The van der Waals surface area contributed by atoms with Gasteiger partial charge in [0.05, 0.1) is 20.3 Å². The van der Waals surface area contributed by atoms with Gasteiger partial charge in [-0.25, -0.2) is 0 Å². The minimum absolute atomic E-state index is 0.610. The van der Waals surface area contributed by atoms with E-state index >= 15 is 0 Å². The molecule has 84 valence electrons. The molecule has 1 aromatic carbocycles. The van der Waals surface area contributed by atoms with Gasteiger partial charge in [-0.15, -0.1) is 0 Å². The summed E-state index contributed by atoms with van der Waals surface area (Å²) in [6.45, 7) is 5.90. The molecule has 1 aromatic rings. The Morgan fingerprint density at radius 2 is 1.87 bits per heavy atom. The predicted molar refractivity (Wildman–Crippen MR) is 59.5 cm³/mol. The Balaban J connectivity index is 2.77. The first kappa shape index (κ1) is 11.9. The van der Waals surface area contributed by atoms with Crippen molar-refractivity contribution in [1.29, 1.82) is 0 Å². The van der Waals surface area contributed by atoms with E-state index in [1.165, 1.54) is 0 Å². The van der Waals surface area contributed by atoms with Gasteiger partial charge in [0.1, 0.15) is 0 Å². The normalized spacial score (nSPS) is 10.1. The maximum Gasteiger partial charge on any atom is 0.161 e. The van der Waals surface area contributed by atoms with Crippen molar-refractivity contribution in [1.82, 2.24) is 0 Å². The van der Waals surface area contributed by atoms with Crippen LogP contribution in [0.1, 0.15) is 19.4 Å². The highest BCUT2D eigenvalue weighted by Crippen LogP contribution is 2.28. The highest BCUT2D eigenvalue weighted by Gasteiger charge is 2.04. The van der Waals surface area contributed by atoms with Crippen molar-refractivity contribution in [3.05, 3.63) is 23.8 Å². The number of methoxy groups -OCH3 is 1. The average molecular weight is 210 g/mol. The van der Waals surface area contributed by atoms with Crippen LogP contribution in [0.25, 0.3) is 0 Å². The third-order valence-electron chi connectivity index (χ3n) is 2.00. The molecule has 0 N–H and O–H groups in total. The van der Waals surface area contributed by atoms with Gasteiger partial charge in [-0.1, -0.05) is 6.07 Å². The van der Waals surface area contributed by atoms with Crippen molar-refractivity contribution >= 4 is 0 Å². The summed E-state index contributed by atoms with van der Waals surface area (Å²) >= 11 is 0. The highest BCUT2D eigenvalue weighted by molar-refractivity contribution is 5.42. The standard InChI is InChI=1S/C12H18O3/c1-4-14-9-10-6-7-11(15-5-2)12(8-10)13-3/h6-8H,4-5,9H2,1-3H3. The van der Waals surface area contributed by atoms with Crippen LogP contribution in [-0.4, -0.2) is 20.3 Å². The maximum absolute atomic E-state index is 5.42. The lowest BCUT2D eigenvalue weighted by Gasteiger charge is -2.10. The van der Waals surface area contributed by atoms with Gasteiger partial charge in [0.2, 0.25) is 0 Å². The zero-order valence-electron chi connectivity index (χ0n) is 9.58. The van der Waals surface area contributed by atoms with Crippen LogP contribution in [0, 0.1) is 0 Å². The predicted octanol–water partition coefficient (Wildman–Crippen LogP) is 2.63. The molecular weight excluding hydrogens is 192 g/mol. The van der Waals surface area contributed by atoms with Crippen LogP contribution in [0.4, 0.5) is 0 Å². The van der Waals surface area contributed by atoms with Crippen LogP contribution < -0.4 is 9.47 Å². The quantitative estimate of drug-likeness (QED) is 0.722. The first-order chi connectivity index (χ1) is 7.31. The highest BCUT2D eigenvalue weighted by atomic mass is 16.5. The summed E-state index contributed by atoms with van der Waals surface area (Å²) in [4.78, 5) is 0. The summed E-state index contributed by atoms with van der Waals surface area (Å²) in [5.74, 6) is 1.54. The van der Waals surface area contributed by atoms with Crippen molar-refractivity contribution in [3.63, 3.8) is 0 Å². The molecule has 0 amide bonds. The average Bonchev–Trinajstić information content (AvgIpc) is 2.28. The molecule has 0 aliphatic heterocycles. The van der Waals surface area contributed by atoms with E-state index in [2.05, 4.69) is 0 Å². The summed E-state index contributed by atoms with van der Waals surface area (Å²) < 4.78 is 16.0. The molecule has 0 aliphatic rings. The molecule has 0 atom stereocenters. The van der Waals surface area contributed by atoms with Crippen LogP contribution in [0.15, 0.2) is 18.2 Å². The molecule has 15 heavy (non-hydrogen) atoms. The second kappa shape index (κ2) is 6.30. The van der Waals surface area contributed by atoms with Gasteiger partial charge in [0, 0.05) is 6.61 Å². The molecule has 3 nitrogen and oxygen atoms in total. The van der Waals surface area contributed by atoms with Gasteiger partial charge >= 0.3 is 0 Å². The van der Waals surface area contributed by atoms with Gasteiger partial charge in [-0.3, -0.25) is 0 Å². The van der Waals surface area contributed by atoms with Crippen LogP contribution in [0.5, 0.6) is 11.5 Å². The SMILES string of the molecule is CCOCc1ccc(OCC)c(OC)c1. The molecule has 0 aromatic heterocycles. The molecule has 0 radical (unpaired) electrons. The van der Waals surface area contributed by atoms with Crippen molar-refractivity contribution in [2.24, 2.45) is 0 Å². The van der Waals surface area contributed by atoms with Gasteiger partial charge in [-0.05, 0) is 31.5 Å². The fourth-order valence-corrected chi connectivity index (χ4v) is 1.30.